The Labute approximate surface area is 122 Å². The van der Waals surface area contributed by atoms with Crippen molar-refractivity contribution in [2.24, 2.45) is 7.05 Å². The van der Waals surface area contributed by atoms with Gasteiger partial charge in [0.1, 0.15) is 5.82 Å². The Morgan fingerprint density at radius 1 is 1.32 bits per heavy atom. The van der Waals surface area contributed by atoms with E-state index in [4.69, 9.17) is 5.11 Å². The molecule has 1 aromatic carbocycles. The Morgan fingerprint density at radius 3 is 2.68 bits per heavy atom. The second-order valence-electron chi connectivity index (χ2n) is 4.85. The minimum atomic E-state index is 0.139. The number of aromatic nitrogens is 2. The maximum Gasteiger partial charge on any atom is 0.111 e. The maximum atomic E-state index is 9.04. The van der Waals surface area contributed by atoms with Crippen LogP contribution in [0.5, 0.6) is 0 Å². The third-order valence-corrected chi connectivity index (χ3v) is 4.30. The van der Waals surface area contributed by atoms with Crippen molar-refractivity contribution in [3.8, 4) is 0 Å². The highest BCUT2D eigenvalue weighted by Crippen LogP contribution is 2.21. The van der Waals surface area contributed by atoms with Crippen molar-refractivity contribution >= 4 is 15.9 Å². The smallest absolute Gasteiger partial charge is 0.111 e. The van der Waals surface area contributed by atoms with E-state index < -0.39 is 0 Å². The van der Waals surface area contributed by atoms with Crippen LogP contribution in [0.4, 0.5) is 0 Å². The van der Waals surface area contributed by atoms with E-state index >= 15 is 0 Å². The molecule has 0 bridgehead atoms. The zero-order valence-corrected chi connectivity index (χ0v) is 13.2. The SMILES string of the molecule is Cc1ccc(Cc2c(C)nc(CCO)n2C)cc1Br. The number of rotatable bonds is 4. The number of nitrogens with zero attached hydrogens (tertiary/aromatic N) is 2. The number of hydrogen-bond acceptors (Lipinski definition) is 2. The summed E-state index contributed by atoms with van der Waals surface area (Å²) in [6.07, 6.45) is 1.47. The Morgan fingerprint density at radius 2 is 2.05 bits per heavy atom. The third kappa shape index (κ3) is 3.07. The van der Waals surface area contributed by atoms with Gasteiger partial charge in [-0.2, -0.15) is 0 Å². The van der Waals surface area contributed by atoms with Gasteiger partial charge in [0.25, 0.3) is 0 Å². The molecule has 0 amide bonds. The molecule has 0 radical (unpaired) electrons. The van der Waals surface area contributed by atoms with Crippen molar-refractivity contribution in [2.75, 3.05) is 6.61 Å². The fraction of sp³-hybridized carbons (Fsp3) is 0.400. The average Bonchev–Trinajstić information content (AvgIpc) is 2.62. The first-order valence-corrected chi connectivity index (χ1v) is 7.19. The molecule has 1 heterocycles. The van der Waals surface area contributed by atoms with E-state index in [2.05, 4.69) is 50.6 Å². The number of benzene rings is 1. The fourth-order valence-electron chi connectivity index (χ4n) is 2.24. The molecule has 0 saturated carbocycles. The van der Waals surface area contributed by atoms with Gasteiger partial charge in [0, 0.05) is 30.1 Å². The molecular formula is C15H19BrN2O. The summed E-state index contributed by atoms with van der Waals surface area (Å²) in [5, 5.41) is 9.04. The molecule has 0 aliphatic rings. The zero-order chi connectivity index (χ0) is 14.0. The van der Waals surface area contributed by atoms with Crippen LogP contribution in [0.2, 0.25) is 0 Å². The third-order valence-electron chi connectivity index (χ3n) is 3.45. The first-order valence-electron chi connectivity index (χ1n) is 6.40. The van der Waals surface area contributed by atoms with Gasteiger partial charge in [0.2, 0.25) is 0 Å². The summed E-state index contributed by atoms with van der Waals surface area (Å²) >= 11 is 3.57. The molecule has 2 rings (SSSR count). The number of imidazole rings is 1. The van der Waals surface area contributed by atoms with E-state index in [1.165, 1.54) is 16.8 Å². The molecule has 19 heavy (non-hydrogen) atoms. The highest BCUT2D eigenvalue weighted by molar-refractivity contribution is 9.10. The quantitative estimate of drug-likeness (QED) is 0.939. The molecule has 0 atom stereocenters. The summed E-state index contributed by atoms with van der Waals surface area (Å²) in [4.78, 5) is 4.53. The van der Waals surface area contributed by atoms with Gasteiger partial charge in [-0.05, 0) is 31.0 Å². The van der Waals surface area contributed by atoms with Crippen LogP contribution >= 0.6 is 15.9 Å². The van der Waals surface area contributed by atoms with Crippen LogP contribution in [0.25, 0.3) is 0 Å². The molecular weight excluding hydrogens is 304 g/mol. The molecule has 0 fully saturated rings. The normalized spacial score (nSPS) is 11.0. The molecule has 0 unspecified atom stereocenters. The summed E-state index contributed by atoms with van der Waals surface area (Å²) in [5.41, 5.74) is 4.76. The molecule has 0 aliphatic heterocycles. The zero-order valence-electron chi connectivity index (χ0n) is 11.6. The van der Waals surface area contributed by atoms with Gasteiger partial charge in [-0.3, -0.25) is 0 Å². The van der Waals surface area contributed by atoms with Crippen molar-refractivity contribution in [3.63, 3.8) is 0 Å². The van der Waals surface area contributed by atoms with Crippen LogP contribution in [-0.4, -0.2) is 21.3 Å². The van der Waals surface area contributed by atoms with E-state index in [0.29, 0.717) is 6.42 Å². The largest absolute Gasteiger partial charge is 0.396 e. The summed E-state index contributed by atoms with van der Waals surface area (Å²) < 4.78 is 3.24. The summed E-state index contributed by atoms with van der Waals surface area (Å²) in [6, 6.07) is 6.44. The second-order valence-corrected chi connectivity index (χ2v) is 5.71. The van der Waals surface area contributed by atoms with E-state index in [0.717, 1.165) is 22.4 Å². The highest BCUT2D eigenvalue weighted by Gasteiger charge is 2.12. The van der Waals surface area contributed by atoms with Gasteiger partial charge >= 0.3 is 0 Å². The van der Waals surface area contributed by atoms with Crippen molar-refractivity contribution in [1.82, 2.24) is 9.55 Å². The van der Waals surface area contributed by atoms with Gasteiger partial charge in [0.05, 0.1) is 12.3 Å². The van der Waals surface area contributed by atoms with Crippen molar-refractivity contribution in [3.05, 3.63) is 51.0 Å². The molecule has 3 nitrogen and oxygen atoms in total. The molecule has 1 aromatic heterocycles. The number of aliphatic hydroxyl groups excluding tert-OH is 1. The molecule has 0 aliphatic carbocycles. The van der Waals surface area contributed by atoms with Crippen molar-refractivity contribution in [2.45, 2.75) is 26.7 Å². The first kappa shape index (κ1) is 14.3. The Balaban J connectivity index is 2.30. The molecule has 2 aromatic rings. The Kier molecular flexibility index (Phi) is 4.42. The van der Waals surface area contributed by atoms with Gasteiger partial charge in [-0.1, -0.05) is 28.1 Å². The fourth-order valence-corrected chi connectivity index (χ4v) is 2.67. The predicted octanol–water partition coefficient (Wildman–Crippen LogP) is 2.93. The minimum Gasteiger partial charge on any atom is -0.396 e. The average molecular weight is 323 g/mol. The topological polar surface area (TPSA) is 38.1 Å². The lowest BCUT2D eigenvalue weighted by Gasteiger charge is -2.08. The summed E-state index contributed by atoms with van der Waals surface area (Å²) in [7, 11) is 2.02. The minimum absolute atomic E-state index is 0.139. The summed E-state index contributed by atoms with van der Waals surface area (Å²) in [5.74, 6) is 0.946. The van der Waals surface area contributed by atoms with Gasteiger partial charge in [0.15, 0.2) is 0 Å². The number of hydrogen-bond donors (Lipinski definition) is 1. The van der Waals surface area contributed by atoms with Crippen LogP contribution in [0.1, 0.15) is 28.3 Å². The Hall–Kier alpha value is -1.13. The molecule has 1 N–H and O–H groups in total. The second kappa shape index (κ2) is 5.88. The van der Waals surface area contributed by atoms with Crippen molar-refractivity contribution in [1.29, 1.82) is 0 Å². The van der Waals surface area contributed by atoms with Crippen molar-refractivity contribution < 1.29 is 5.11 Å². The molecule has 102 valence electrons. The first-order chi connectivity index (χ1) is 9.02. The molecule has 0 saturated heterocycles. The van der Waals surface area contributed by atoms with Crippen LogP contribution in [-0.2, 0) is 19.9 Å². The maximum absolute atomic E-state index is 9.04. The lowest BCUT2D eigenvalue weighted by Crippen LogP contribution is -2.05. The van der Waals surface area contributed by atoms with Gasteiger partial charge in [-0.25, -0.2) is 4.98 Å². The standard InChI is InChI=1S/C15H19BrN2O/c1-10-4-5-12(8-13(10)16)9-14-11(2)17-15(6-7-19)18(14)3/h4-5,8,19H,6-7,9H2,1-3H3. The van der Waals surface area contributed by atoms with Gasteiger partial charge < -0.3 is 9.67 Å². The van der Waals surface area contributed by atoms with Crippen LogP contribution < -0.4 is 0 Å². The monoisotopic (exact) mass is 322 g/mol. The predicted molar refractivity (Wildman–Crippen MR) is 80.4 cm³/mol. The summed E-state index contributed by atoms with van der Waals surface area (Å²) in [6.45, 7) is 4.25. The van der Waals surface area contributed by atoms with Crippen LogP contribution in [0.15, 0.2) is 22.7 Å². The van der Waals surface area contributed by atoms with Crippen LogP contribution in [0.3, 0.4) is 0 Å². The lowest BCUT2D eigenvalue weighted by atomic mass is 10.1. The number of aliphatic hydroxyl groups is 1. The number of aryl methyl sites for hydroxylation is 2. The molecule has 4 heteroatoms. The van der Waals surface area contributed by atoms with Gasteiger partial charge in [-0.15, -0.1) is 0 Å². The Bertz CT molecular complexity index is 590. The van der Waals surface area contributed by atoms with Crippen LogP contribution in [0, 0.1) is 13.8 Å². The molecule has 0 spiro atoms. The van der Waals surface area contributed by atoms with E-state index in [1.54, 1.807) is 0 Å². The van der Waals surface area contributed by atoms with E-state index in [1.807, 2.05) is 14.0 Å². The number of halogens is 1. The van der Waals surface area contributed by atoms with E-state index in [-0.39, 0.29) is 6.61 Å². The highest BCUT2D eigenvalue weighted by atomic mass is 79.9. The van der Waals surface area contributed by atoms with E-state index in [9.17, 15) is 0 Å². The lowest BCUT2D eigenvalue weighted by molar-refractivity contribution is 0.295.